The van der Waals surface area contributed by atoms with Crippen molar-refractivity contribution in [3.05, 3.63) is 86.8 Å². The first-order chi connectivity index (χ1) is 12.0. The molecule has 0 atom stereocenters. The summed E-state index contributed by atoms with van der Waals surface area (Å²) in [6.07, 6.45) is 0. The lowest BCUT2D eigenvalue weighted by molar-refractivity contribution is 0.102. The van der Waals surface area contributed by atoms with Crippen molar-refractivity contribution in [3.8, 4) is 11.6 Å². The summed E-state index contributed by atoms with van der Waals surface area (Å²) >= 11 is 0. The molecule has 3 rings (SSSR count). The molecule has 3 aromatic rings. The van der Waals surface area contributed by atoms with E-state index in [-0.39, 0.29) is 5.69 Å². The summed E-state index contributed by atoms with van der Waals surface area (Å²) < 4.78 is 14.5. The number of benzene rings is 2. The molecule has 0 spiro atoms. The molecule has 0 aliphatic rings. The van der Waals surface area contributed by atoms with E-state index in [1.54, 1.807) is 30.3 Å². The van der Waals surface area contributed by atoms with Gasteiger partial charge in [-0.05, 0) is 24.3 Å². The molecule has 0 unspecified atom stereocenters. The second-order valence-electron chi connectivity index (χ2n) is 5.06. The van der Waals surface area contributed by atoms with Gasteiger partial charge in [0.2, 0.25) is 5.88 Å². The fourth-order valence-corrected chi connectivity index (χ4v) is 2.30. The zero-order chi connectivity index (χ0) is 18.0. The first-order valence-electron chi connectivity index (χ1n) is 7.18. The average Bonchev–Trinajstić information content (AvgIpc) is 2.57. The van der Waals surface area contributed by atoms with E-state index in [4.69, 9.17) is 0 Å². The Labute approximate surface area is 140 Å². The minimum absolute atomic E-state index is 0.296. The Morgan fingerprint density at radius 3 is 2.36 bits per heavy atom. The predicted molar refractivity (Wildman–Crippen MR) is 88.7 cm³/mol. The van der Waals surface area contributed by atoms with E-state index < -0.39 is 34.4 Å². The zero-order valence-corrected chi connectivity index (χ0v) is 12.7. The Balaban J connectivity index is 2.14. The highest BCUT2D eigenvalue weighted by Crippen LogP contribution is 2.19. The van der Waals surface area contributed by atoms with E-state index in [0.29, 0.717) is 10.3 Å². The van der Waals surface area contributed by atoms with Gasteiger partial charge in [-0.3, -0.25) is 14.6 Å². The highest BCUT2D eigenvalue weighted by molar-refractivity contribution is 6.05. The van der Waals surface area contributed by atoms with Gasteiger partial charge in [-0.1, -0.05) is 30.3 Å². The molecular formula is C17H12FN3O4. The van der Waals surface area contributed by atoms with Gasteiger partial charge < -0.3 is 10.4 Å². The molecule has 1 aromatic heterocycles. The van der Waals surface area contributed by atoms with Crippen LogP contribution in [-0.2, 0) is 0 Å². The monoisotopic (exact) mass is 341 g/mol. The maximum atomic E-state index is 14.0. The number of carbonyl (C=O) groups excluding carboxylic acids is 1. The number of rotatable bonds is 3. The van der Waals surface area contributed by atoms with Crippen LogP contribution in [-0.4, -0.2) is 20.6 Å². The summed E-state index contributed by atoms with van der Waals surface area (Å²) in [4.78, 5) is 38.2. The van der Waals surface area contributed by atoms with Gasteiger partial charge in [0.1, 0.15) is 5.82 Å². The SMILES string of the molecule is O=C(Nc1ccccc1)c1c(O)n(-c2ccccc2F)c(=O)[nH]c1=O. The quantitative estimate of drug-likeness (QED) is 0.673. The molecule has 0 radical (unpaired) electrons. The lowest BCUT2D eigenvalue weighted by Gasteiger charge is -2.12. The van der Waals surface area contributed by atoms with Gasteiger partial charge >= 0.3 is 5.69 Å². The summed E-state index contributed by atoms with van der Waals surface area (Å²) in [5.41, 5.74) is -2.76. The molecule has 2 aromatic carbocycles. The van der Waals surface area contributed by atoms with Crippen LogP contribution in [0.2, 0.25) is 0 Å². The Morgan fingerprint density at radius 1 is 1.04 bits per heavy atom. The Hall–Kier alpha value is -3.68. The van der Waals surface area contributed by atoms with Crippen molar-refractivity contribution in [2.45, 2.75) is 0 Å². The van der Waals surface area contributed by atoms with Crippen LogP contribution in [0.3, 0.4) is 0 Å². The highest BCUT2D eigenvalue weighted by atomic mass is 19.1. The summed E-state index contributed by atoms with van der Waals surface area (Å²) in [5, 5.41) is 12.7. The molecule has 0 aliphatic carbocycles. The number of nitrogens with one attached hydrogen (secondary N) is 2. The van der Waals surface area contributed by atoms with E-state index in [2.05, 4.69) is 5.32 Å². The smallest absolute Gasteiger partial charge is 0.335 e. The third-order valence-corrected chi connectivity index (χ3v) is 3.44. The van der Waals surface area contributed by atoms with Crippen molar-refractivity contribution < 1.29 is 14.3 Å². The van der Waals surface area contributed by atoms with Crippen molar-refractivity contribution in [2.75, 3.05) is 5.32 Å². The normalized spacial score (nSPS) is 10.4. The minimum Gasteiger partial charge on any atom is -0.493 e. The van der Waals surface area contributed by atoms with E-state index in [1.807, 2.05) is 4.98 Å². The fraction of sp³-hybridized carbons (Fsp3) is 0. The predicted octanol–water partition coefficient (Wildman–Crippen LogP) is 1.62. The van der Waals surface area contributed by atoms with E-state index in [9.17, 15) is 23.9 Å². The van der Waals surface area contributed by atoms with Crippen LogP contribution in [0.4, 0.5) is 10.1 Å². The molecule has 1 amide bonds. The molecule has 0 bridgehead atoms. The maximum absolute atomic E-state index is 14.0. The number of anilines is 1. The number of para-hydroxylation sites is 2. The molecule has 0 aliphatic heterocycles. The van der Waals surface area contributed by atoms with Gasteiger partial charge in [-0.2, -0.15) is 0 Å². The summed E-state index contributed by atoms with van der Waals surface area (Å²) in [7, 11) is 0. The Morgan fingerprint density at radius 2 is 1.68 bits per heavy atom. The maximum Gasteiger partial charge on any atom is 0.335 e. The van der Waals surface area contributed by atoms with Crippen LogP contribution in [0.15, 0.2) is 64.2 Å². The number of nitrogens with zero attached hydrogens (tertiary/aromatic N) is 1. The standard InChI is InChI=1S/C17H12FN3O4/c18-11-8-4-5-9-12(11)21-16(24)13(15(23)20-17(21)25)14(22)19-10-6-2-1-3-7-10/h1-9,24H,(H,19,22)(H,20,23,25). The molecule has 25 heavy (non-hydrogen) atoms. The fourth-order valence-electron chi connectivity index (χ4n) is 2.30. The lowest BCUT2D eigenvalue weighted by Crippen LogP contribution is -2.35. The Bertz CT molecular complexity index is 1060. The number of aromatic nitrogens is 2. The molecule has 126 valence electrons. The van der Waals surface area contributed by atoms with Gasteiger partial charge in [0.05, 0.1) is 5.69 Å². The van der Waals surface area contributed by atoms with Crippen molar-refractivity contribution in [1.29, 1.82) is 0 Å². The van der Waals surface area contributed by atoms with Gasteiger partial charge in [-0.25, -0.2) is 13.8 Å². The van der Waals surface area contributed by atoms with Gasteiger partial charge in [0, 0.05) is 5.69 Å². The molecular weight excluding hydrogens is 329 g/mol. The van der Waals surface area contributed by atoms with Crippen molar-refractivity contribution in [1.82, 2.24) is 9.55 Å². The molecule has 0 fully saturated rings. The number of carbonyl (C=O) groups is 1. The van der Waals surface area contributed by atoms with E-state index in [0.717, 1.165) is 6.07 Å². The number of amides is 1. The molecule has 3 N–H and O–H groups in total. The number of H-pyrrole nitrogens is 1. The molecule has 1 heterocycles. The van der Waals surface area contributed by atoms with Crippen LogP contribution >= 0.6 is 0 Å². The van der Waals surface area contributed by atoms with Crippen molar-refractivity contribution in [3.63, 3.8) is 0 Å². The van der Waals surface area contributed by atoms with Crippen molar-refractivity contribution >= 4 is 11.6 Å². The number of halogens is 1. The Kier molecular flexibility index (Phi) is 4.17. The molecule has 8 heteroatoms. The number of aromatic hydroxyl groups is 1. The average molecular weight is 341 g/mol. The van der Waals surface area contributed by atoms with Gasteiger partial charge in [0.15, 0.2) is 5.56 Å². The van der Waals surface area contributed by atoms with Crippen LogP contribution in [0, 0.1) is 5.82 Å². The summed E-state index contributed by atoms with van der Waals surface area (Å²) in [6, 6.07) is 13.4. The third-order valence-electron chi connectivity index (χ3n) is 3.44. The second kappa shape index (κ2) is 6.44. The summed E-state index contributed by atoms with van der Waals surface area (Å²) in [6.45, 7) is 0. The highest BCUT2D eigenvalue weighted by Gasteiger charge is 2.23. The van der Waals surface area contributed by atoms with E-state index in [1.165, 1.54) is 18.2 Å². The number of hydrogen-bond acceptors (Lipinski definition) is 4. The number of aromatic amines is 1. The first-order valence-corrected chi connectivity index (χ1v) is 7.18. The van der Waals surface area contributed by atoms with Crippen LogP contribution in [0.1, 0.15) is 10.4 Å². The minimum atomic E-state index is -1.08. The van der Waals surface area contributed by atoms with Crippen LogP contribution in [0.5, 0.6) is 5.88 Å². The van der Waals surface area contributed by atoms with Crippen LogP contribution < -0.4 is 16.6 Å². The van der Waals surface area contributed by atoms with Crippen LogP contribution in [0.25, 0.3) is 5.69 Å². The zero-order valence-electron chi connectivity index (χ0n) is 12.7. The number of hydrogen-bond donors (Lipinski definition) is 3. The molecule has 7 nitrogen and oxygen atoms in total. The largest absolute Gasteiger partial charge is 0.493 e. The molecule has 0 saturated carbocycles. The van der Waals surface area contributed by atoms with E-state index >= 15 is 0 Å². The van der Waals surface area contributed by atoms with Crippen molar-refractivity contribution in [2.24, 2.45) is 0 Å². The van der Waals surface area contributed by atoms with Gasteiger partial charge in [-0.15, -0.1) is 0 Å². The molecule has 0 saturated heterocycles. The van der Waals surface area contributed by atoms with Gasteiger partial charge in [0.25, 0.3) is 11.5 Å². The second-order valence-corrected chi connectivity index (χ2v) is 5.06. The third kappa shape index (κ3) is 3.05. The first kappa shape index (κ1) is 16.2. The summed E-state index contributed by atoms with van der Waals surface area (Å²) in [5.74, 6) is -2.69. The topological polar surface area (TPSA) is 104 Å². The lowest BCUT2D eigenvalue weighted by atomic mass is 10.2.